The van der Waals surface area contributed by atoms with E-state index in [1.807, 2.05) is 25.1 Å². The molecule has 144 valence electrons. The molecule has 29 heavy (non-hydrogen) atoms. The van der Waals surface area contributed by atoms with E-state index in [2.05, 4.69) is 30.2 Å². The van der Waals surface area contributed by atoms with Crippen molar-refractivity contribution in [3.05, 3.63) is 65.7 Å². The van der Waals surface area contributed by atoms with Gasteiger partial charge < -0.3 is 15.8 Å². The molecule has 0 fully saturated rings. The first-order chi connectivity index (χ1) is 14.1. The number of aromatic nitrogens is 4. The molecule has 8 nitrogen and oxygen atoms in total. The molecule has 0 saturated carbocycles. The molecule has 0 radical (unpaired) electrons. The monoisotopic (exact) mass is 405 g/mol. The van der Waals surface area contributed by atoms with Crippen molar-refractivity contribution in [1.29, 1.82) is 0 Å². The molecule has 4 aromatic rings. The minimum Gasteiger partial charge on any atom is -0.457 e. The van der Waals surface area contributed by atoms with E-state index in [-0.39, 0.29) is 0 Å². The first-order valence-electron chi connectivity index (χ1n) is 8.65. The third-order valence-electron chi connectivity index (χ3n) is 4.04. The fourth-order valence-electron chi connectivity index (χ4n) is 2.72. The molecule has 3 heterocycles. The van der Waals surface area contributed by atoms with Crippen LogP contribution in [0.25, 0.3) is 11.0 Å². The summed E-state index contributed by atoms with van der Waals surface area (Å²) in [5, 5.41) is 3.64. The molecule has 0 aliphatic rings. The summed E-state index contributed by atoms with van der Waals surface area (Å²) in [4.78, 5) is 20.8. The molecule has 0 unspecified atom stereocenters. The zero-order valence-electron chi connectivity index (χ0n) is 15.4. The van der Waals surface area contributed by atoms with E-state index < -0.39 is 0 Å². The molecule has 0 aliphatic heterocycles. The van der Waals surface area contributed by atoms with Gasteiger partial charge in [-0.15, -0.1) is 0 Å². The number of hydrogen-bond donors (Lipinski definition) is 2. The molecule has 3 N–H and O–H groups in total. The Morgan fingerprint density at radius 2 is 2.00 bits per heavy atom. The smallest absolute Gasteiger partial charge is 0.160 e. The maximum Gasteiger partial charge on any atom is 0.160 e. The van der Waals surface area contributed by atoms with Crippen molar-refractivity contribution in [3.8, 4) is 11.5 Å². The number of halogens is 1. The molecule has 0 saturated heterocycles. The van der Waals surface area contributed by atoms with E-state index in [4.69, 9.17) is 22.1 Å². The highest BCUT2D eigenvalue weighted by Crippen LogP contribution is 2.30. The topological polar surface area (TPSA) is 111 Å². The zero-order chi connectivity index (χ0) is 20.2. The lowest BCUT2D eigenvalue weighted by Crippen LogP contribution is -1.98. The molecular formula is C20H16ClN7O. The fourth-order valence-corrected chi connectivity index (χ4v) is 2.87. The van der Waals surface area contributed by atoms with Gasteiger partial charge in [0.2, 0.25) is 0 Å². The van der Waals surface area contributed by atoms with Gasteiger partial charge in [-0.25, -0.2) is 24.9 Å². The van der Waals surface area contributed by atoms with Crippen LogP contribution in [0.1, 0.15) is 5.56 Å². The Bertz CT molecular complexity index is 1210. The number of nitrogens with zero attached hydrogens (tertiary/aromatic N) is 5. The summed E-state index contributed by atoms with van der Waals surface area (Å²) in [5.41, 5.74) is 8.38. The van der Waals surface area contributed by atoms with Crippen LogP contribution in [0.5, 0.6) is 11.5 Å². The van der Waals surface area contributed by atoms with E-state index >= 15 is 0 Å². The van der Waals surface area contributed by atoms with E-state index in [0.717, 1.165) is 11.3 Å². The number of aryl methyl sites for hydroxylation is 1. The molecule has 0 aliphatic carbocycles. The Morgan fingerprint density at radius 3 is 2.83 bits per heavy atom. The lowest BCUT2D eigenvalue weighted by Gasteiger charge is -2.12. The Labute approximate surface area is 171 Å². The van der Waals surface area contributed by atoms with Crippen LogP contribution in [-0.2, 0) is 0 Å². The number of nitrogens with one attached hydrogen (secondary N) is 1. The average molecular weight is 406 g/mol. The van der Waals surface area contributed by atoms with Gasteiger partial charge in [0.05, 0.1) is 11.9 Å². The highest BCUT2D eigenvalue weighted by molar-refractivity contribution is 6.29. The first kappa shape index (κ1) is 18.6. The van der Waals surface area contributed by atoms with Gasteiger partial charge in [0.25, 0.3) is 0 Å². The van der Waals surface area contributed by atoms with Gasteiger partial charge in [-0.1, -0.05) is 11.6 Å². The Kier molecular flexibility index (Phi) is 5.17. The lowest BCUT2D eigenvalue weighted by atomic mass is 10.2. The van der Waals surface area contributed by atoms with Crippen molar-refractivity contribution in [2.45, 2.75) is 6.92 Å². The molecular weight excluding hydrogens is 390 g/mol. The number of nitrogens with two attached hydrogens (primary N) is 1. The van der Waals surface area contributed by atoms with Crippen LogP contribution >= 0.6 is 11.6 Å². The van der Waals surface area contributed by atoms with Gasteiger partial charge in [0.15, 0.2) is 11.6 Å². The highest BCUT2D eigenvalue weighted by Gasteiger charge is 2.09. The van der Waals surface area contributed by atoms with E-state index in [1.54, 1.807) is 30.5 Å². The van der Waals surface area contributed by atoms with Crippen molar-refractivity contribution in [2.24, 2.45) is 10.7 Å². The molecule has 9 heteroatoms. The molecule has 4 rings (SSSR count). The number of rotatable bonds is 5. The SMILES string of the molecule is Cc1cc(Nc2ncnc3ccc(Cl)nc23)ccc1Oc1ccnc(N=CN)c1. The number of anilines is 2. The molecule has 1 aromatic carbocycles. The third kappa shape index (κ3) is 4.22. The van der Waals surface area contributed by atoms with Crippen molar-refractivity contribution >= 4 is 46.3 Å². The van der Waals surface area contributed by atoms with Crippen LogP contribution in [0.3, 0.4) is 0 Å². The molecule has 0 atom stereocenters. The molecule has 3 aromatic heterocycles. The van der Waals surface area contributed by atoms with Gasteiger partial charge >= 0.3 is 0 Å². The Balaban J connectivity index is 1.58. The van der Waals surface area contributed by atoms with Crippen molar-refractivity contribution in [3.63, 3.8) is 0 Å². The second-order valence-electron chi connectivity index (χ2n) is 6.06. The second-order valence-corrected chi connectivity index (χ2v) is 6.45. The highest BCUT2D eigenvalue weighted by atomic mass is 35.5. The first-order valence-corrected chi connectivity index (χ1v) is 9.03. The predicted molar refractivity (Wildman–Crippen MR) is 113 cm³/mol. The number of pyridine rings is 2. The molecule has 0 bridgehead atoms. The van der Waals surface area contributed by atoms with Crippen molar-refractivity contribution in [1.82, 2.24) is 19.9 Å². The van der Waals surface area contributed by atoms with Crippen molar-refractivity contribution < 1.29 is 4.74 Å². The summed E-state index contributed by atoms with van der Waals surface area (Å²) >= 11 is 6.02. The van der Waals surface area contributed by atoms with Gasteiger partial charge in [0, 0.05) is 18.0 Å². The maximum absolute atomic E-state index is 6.02. The quantitative estimate of drug-likeness (QED) is 0.285. The third-order valence-corrected chi connectivity index (χ3v) is 4.25. The summed E-state index contributed by atoms with van der Waals surface area (Å²) in [6.07, 6.45) is 4.29. The van der Waals surface area contributed by atoms with E-state index in [9.17, 15) is 0 Å². The number of hydrogen-bond acceptors (Lipinski definition) is 7. The summed E-state index contributed by atoms with van der Waals surface area (Å²) in [7, 11) is 0. The Morgan fingerprint density at radius 1 is 1.10 bits per heavy atom. The second kappa shape index (κ2) is 8.07. The summed E-state index contributed by atoms with van der Waals surface area (Å²) in [6, 6.07) is 12.7. The standard InChI is InChI=1S/C20H16ClN7O/c1-12-8-13(27-20-19-15(25-11-26-20)3-5-17(21)28-19)2-4-16(12)29-14-6-7-23-18(9-14)24-10-22/h2-11H,1H3,(H2,22,23,24)(H,25,26,27). The summed E-state index contributed by atoms with van der Waals surface area (Å²) in [5.74, 6) is 2.37. The van der Waals surface area contributed by atoms with Crippen LogP contribution in [0.2, 0.25) is 5.15 Å². The fraction of sp³-hybridized carbons (Fsp3) is 0.0500. The summed E-state index contributed by atoms with van der Waals surface area (Å²) < 4.78 is 5.95. The number of ether oxygens (including phenoxy) is 1. The minimum atomic E-state index is 0.381. The van der Waals surface area contributed by atoms with Crippen LogP contribution in [0.15, 0.2) is 60.0 Å². The average Bonchev–Trinajstić information content (AvgIpc) is 2.71. The van der Waals surface area contributed by atoms with Crippen LogP contribution in [0, 0.1) is 6.92 Å². The molecule has 0 amide bonds. The Hall–Kier alpha value is -3.78. The lowest BCUT2D eigenvalue weighted by molar-refractivity contribution is 0.478. The van der Waals surface area contributed by atoms with Crippen molar-refractivity contribution in [2.75, 3.05) is 5.32 Å². The van der Waals surface area contributed by atoms with E-state index in [0.29, 0.717) is 39.3 Å². The predicted octanol–water partition coefficient (Wildman–Crippen LogP) is 4.54. The number of aliphatic imine (C=N–C) groups is 1. The zero-order valence-corrected chi connectivity index (χ0v) is 16.1. The summed E-state index contributed by atoms with van der Waals surface area (Å²) in [6.45, 7) is 1.95. The van der Waals surface area contributed by atoms with Gasteiger partial charge in [0.1, 0.15) is 28.5 Å². The molecule has 0 spiro atoms. The van der Waals surface area contributed by atoms with Gasteiger partial charge in [-0.05, 0) is 48.9 Å². The van der Waals surface area contributed by atoms with Gasteiger partial charge in [-0.3, -0.25) is 0 Å². The normalized spacial score (nSPS) is 11.1. The van der Waals surface area contributed by atoms with E-state index in [1.165, 1.54) is 12.7 Å². The van der Waals surface area contributed by atoms with Crippen LogP contribution < -0.4 is 15.8 Å². The number of benzene rings is 1. The number of fused-ring (bicyclic) bond motifs is 1. The van der Waals surface area contributed by atoms with Gasteiger partial charge in [-0.2, -0.15) is 0 Å². The minimum absolute atomic E-state index is 0.381. The maximum atomic E-state index is 6.02. The largest absolute Gasteiger partial charge is 0.457 e. The van der Waals surface area contributed by atoms with Crippen LogP contribution in [0.4, 0.5) is 17.3 Å². The van der Waals surface area contributed by atoms with Crippen LogP contribution in [-0.4, -0.2) is 26.3 Å².